The molecule has 72 valence electrons. The van der Waals surface area contributed by atoms with Crippen LogP contribution in [0, 0.1) is 0 Å². The summed E-state index contributed by atoms with van der Waals surface area (Å²) in [7, 11) is 3.24. The second-order valence-electron chi connectivity index (χ2n) is 2.78. The normalized spacial score (nSPS) is 10.2. The minimum Gasteiger partial charge on any atom is -0.385 e. The number of methoxy groups -OCH3 is 2. The third kappa shape index (κ3) is 7.69. The molecule has 0 bridgehead atoms. The monoisotopic (exact) mass is 174 g/mol. The number of Topliss-reactive ketones (excluding diaryl/α,β-unsaturated/α-hetero) is 1. The molecule has 0 aliphatic carbocycles. The topological polar surface area (TPSA) is 35.5 Å². The fourth-order valence-corrected chi connectivity index (χ4v) is 0.979. The Morgan fingerprint density at radius 3 is 2.42 bits per heavy atom. The number of carbonyl (C=O) groups is 1. The summed E-state index contributed by atoms with van der Waals surface area (Å²) < 4.78 is 9.59. The smallest absolute Gasteiger partial charge is 0.158 e. The molecule has 0 atom stereocenters. The van der Waals surface area contributed by atoms with E-state index in [1.807, 2.05) is 0 Å². The van der Waals surface area contributed by atoms with Gasteiger partial charge in [0.05, 0.1) is 0 Å². The molecule has 12 heavy (non-hydrogen) atoms. The first-order valence-corrected chi connectivity index (χ1v) is 4.31. The Morgan fingerprint density at radius 1 is 1.08 bits per heavy atom. The van der Waals surface area contributed by atoms with Crippen molar-refractivity contribution in [2.45, 2.75) is 25.7 Å². The van der Waals surface area contributed by atoms with Crippen molar-refractivity contribution in [2.24, 2.45) is 0 Å². The lowest BCUT2D eigenvalue weighted by Crippen LogP contribution is -2.05. The van der Waals surface area contributed by atoms with Crippen molar-refractivity contribution in [2.75, 3.05) is 27.4 Å². The molecule has 0 saturated heterocycles. The molecule has 0 fully saturated rings. The van der Waals surface area contributed by atoms with E-state index in [0.29, 0.717) is 6.42 Å². The summed E-state index contributed by atoms with van der Waals surface area (Å²) in [5.74, 6) is 0.190. The van der Waals surface area contributed by atoms with E-state index < -0.39 is 0 Å². The van der Waals surface area contributed by atoms with E-state index in [2.05, 4.69) is 0 Å². The maximum absolute atomic E-state index is 10.9. The van der Waals surface area contributed by atoms with Crippen LogP contribution in [0.25, 0.3) is 0 Å². The van der Waals surface area contributed by atoms with Crippen LogP contribution in [-0.4, -0.2) is 33.2 Å². The third-order valence-electron chi connectivity index (χ3n) is 1.61. The van der Waals surface area contributed by atoms with Gasteiger partial charge in [-0.1, -0.05) is 6.42 Å². The van der Waals surface area contributed by atoms with Gasteiger partial charge in [-0.2, -0.15) is 0 Å². The maximum atomic E-state index is 10.9. The van der Waals surface area contributed by atoms with Gasteiger partial charge in [0.15, 0.2) is 5.78 Å². The van der Waals surface area contributed by atoms with Gasteiger partial charge < -0.3 is 9.47 Å². The van der Waals surface area contributed by atoms with Crippen LogP contribution in [0.4, 0.5) is 0 Å². The lowest BCUT2D eigenvalue weighted by Gasteiger charge is -1.99. The van der Waals surface area contributed by atoms with E-state index in [4.69, 9.17) is 9.47 Å². The standard InChI is InChI=1S/C9H18O3/c1-11-7-5-3-4-6-9(10)8-12-2/h3-8H2,1-2H3. The van der Waals surface area contributed by atoms with E-state index in [-0.39, 0.29) is 12.4 Å². The van der Waals surface area contributed by atoms with Crippen molar-refractivity contribution in [1.82, 2.24) is 0 Å². The number of rotatable bonds is 8. The Morgan fingerprint density at radius 2 is 1.83 bits per heavy atom. The van der Waals surface area contributed by atoms with Crippen LogP contribution in [-0.2, 0) is 14.3 Å². The van der Waals surface area contributed by atoms with Gasteiger partial charge in [0, 0.05) is 27.2 Å². The molecule has 0 aliphatic rings. The van der Waals surface area contributed by atoms with Crippen molar-refractivity contribution in [3.8, 4) is 0 Å². The van der Waals surface area contributed by atoms with E-state index in [1.54, 1.807) is 14.2 Å². The number of hydrogen-bond donors (Lipinski definition) is 0. The molecule has 3 heteroatoms. The van der Waals surface area contributed by atoms with Crippen molar-refractivity contribution in [3.63, 3.8) is 0 Å². The second-order valence-corrected chi connectivity index (χ2v) is 2.78. The molecule has 0 aromatic rings. The van der Waals surface area contributed by atoms with Crippen LogP contribution in [0.15, 0.2) is 0 Å². The predicted octanol–water partition coefficient (Wildman–Crippen LogP) is 1.41. The zero-order valence-electron chi connectivity index (χ0n) is 7.97. The number of ether oxygens (including phenoxy) is 2. The van der Waals surface area contributed by atoms with Gasteiger partial charge in [-0.25, -0.2) is 0 Å². The SMILES string of the molecule is COCCCCCC(=O)COC. The number of ketones is 1. The summed E-state index contributed by atoms with van der Waals surface area (Å²) in [5, 5.41) is 0. The zero-order valence-corrected chi connectivity index (χ0v) is 7.97. The summed E-state index contributed by atoms with van der Waals surface area (Å²) in [6.45, 7) is 1.04. The molecule has 0 rings (SSSR count). The fourth-order valence-electron chi connectivity index (χ4n) is 0.979. The Bertz CT molecular complexity index is 112. The van der Waals surface area contributed by atoms with E-state index in [1.165, 1.54) is 0 Å². The Kier molecular flexibility index (Phi) is 8.39. The third-order valence-corrected chi connectivity index (χ3v) is 1.61. The second kappa shape index (κ2) is 8.68. The van der Waals surface area contributed by atoms with Crippen LogP contribution in [0.3, 0.4) is 0 Å². The Balaban J connectivity index is 3.03. The maximum Gasteiger partial charge on any atom is 0.158 e. The van der Waals surface area contributed by atoms with Crippen molar-refractivity contribution >= 4 is 5.78 Å². The number of unbranched alkanes of at least 4 members (excludes halogenated alkanes) is 2. The minimum absolute atomic E-state index is 0.190. The number of hydrogen-bond acceptors (Lipinski definition) is 3. The van der Waals surface area contributed by atoms with Crippen molar-refractivity contribution < 1.29 is 14.3 Å². The summed E-state index contributed by atoms with van der Waals surface area (Å²) in [6, 6.07) is 0. The van der Waals surface area contributed by atoms with E-state index in [0.717, 1.165) is 25.9 Å². The molecule has 0 spiro atoms. The number of carbonyl (C=O) groups excluding carboxylic acids is 1. The summed E-state index contributed by atoms with van der Waals surface area (Å²) >= 11 is 0. The van der Waals surface area contributed by atoms with Crippen LogP contribution >= 0.6 is 0 Å². The fraction of sp³-hybridized carbons (Fsp3) is 0.889. The highest BCUT2D eigenvalue weighted by molar-refractivity contribution is 5.79. The molecule has 0 heterocycles. The molecule has 0 radical (unpaired) electrons. The highest BCUT2D eigenvalue weighted by Gasteiger charge is 1.99. The molecule has 0 aliphatic heterocycles. The lowest BCUT2D eigenvalue weighted by molar-refractivity contribution is -0.122. The molecule has 0 aromatic heterocycles. The summed E-state index contributed by atoms with van der Waals surface area (Å²) in [4.78, 5) is 10.9. The molecular formula is C9H18O3. The van der Waals surface area contributed by atoms with Crippen LogP contribution in [0.5, 0.6) is 0 Å². The average Bonchev–Trinajstić information content (AvgIpc) is 2.05. The van der Waals surface area contributed by atoms with Crippen LogP contribution < -0.4 is 0 Å². The van der Waals surface area contributed by atoms with Gasteiger partial charge >= 0.3 is 0 Å². The molecule has 0 saturated carbocycles. The highest BCUT2D eigenvalue weighted by atomic mass is 16.5. The molecule has 0 N–H and O–H groups in total. The lowest BCUT2D eigenvalue weighted by atomic mass is 10.1. The Hall–Kier alpha value is -0.410. The highest BCUT2D eigenvalue weighted by Crippen LogP contribution is 2.00. The first-order chi connectivity index (χ1) is 5.81. The van der Waals surface area contributed by atoms with E-state index in [9.17, 15) is 4.79 Å². The molecule has 3 nitrogen and oxygen atoms in total. The van der Waals surface area contributed by atoms with Gasteiger partial charge in [0.1, 0.15) is 6.61 Å². The predicted molar refractivity (Wildman–Crippen MR) is 47.2 cm³/mol. The average molecular weight is 174 g/mol. The van der Waals surface area contributed by atoms with E-state index >= 15 is 0 Å². The largest absolute Gasteiger partial charge is 0.385 e. The zero-order chi connectivity index (χ0) is 9.23. The molecule has 0 unspecified atom stereocenters. The van der Waals surface area contributed by atoms with Crippen LogP contribution in [0.1, 0.15) is 25.7 Å². The van der Waals surface area contributed by atoms with Gasteiger partial charge in [-0.15, -0.1) is 0 Å². The minimum atomic E-state index is 0.190. The summed E-state index contributed by atoms with van der Waals surface area (Å²) in [5.41, 5.74) is 0. The Labute approximate surface area is 74.0 Å². The summed E-state index contributed by atoms with van der Waals surface area (Å²) in [6.07, 6.45) is 3.68. The van der Waals surface area contributed by atoms with Gasteiger partial charge in [0.25, 0.3) is 0 Å². The quantitative estimate of drug-likeness (QED) is 0.522. The van der Waals surface area contributed by atoms with Crippen LogP contribution in [0.2, 0.25) is 0 Å². The van der Waals surface area contributed by atoms with Gasteiger partial charge in [0.2, 0.25) is 0 Å². The van der Waals surface area contributed by atoms with Crippen molar-refractivity contribution in [1.29, 1.82) is 0 Å². The van der Waals surface area contributed by atoms with Crippen molar-refractivity contribution in [3.05, 3.63) is 0 Å². The first-order valence-electron chi connectivity index (χ1n) is 4.31. The molecule has 0 aromatic carbocycles. The first kappa shape index (κ1) is 11.6. The van der Waals surface area contributed by atoms with Gasteiger partial charge in [-0.3, -0.25) is 4.79 Å². The molecule has 0 amide bonds. The van der Waals surface area contributed by atoms with Gasteiger partial charge in [-0.05, 0) is 12.8 Å². The molecular weight excluding hydrogens is 156 g/mol.